The fraction of sp³-hybridized carbons (Fsp3) is 0.200. The molecule has 0 bridgehead atoms. The summed E-state index contributed by atoms with van der Waals surface area (Å²) in [6, 6.07) is 2.82. The first-order chi connectivity index (χ1) is 7.99. The van der Waals surface area contributed by atoms with Crippen molar-refractivity contribution >= 4 is 17.6 Å². The first kappa shape index (κ1) is 11.2. The molecule has 0 amide bonds. The van der Waals surface area contributed by atoms with Crippen LogP contribution in [-0.2, 0) is 14.3 Å². The van der Waals surface area contributed by atoms with Crippen LogP contribution < -0.4 is 0 Å². The zero-order valence-electron chi connectivity index (χ0n) is 8.38. The maximum atomic E-state index is 13.4. The number of halogens is 1. The molecule has 0 aliphatic carbocycles. The summed E-state index contributed by atoms with van der Waals surface area (Å²) in [4.78, 5) is 31.9. The molecule has 0 saturated carbocycles. The average Bonchev–Trinajstić information content (AvgIpc) is 2.58. The van der Waals surface area contributed by atoms with Crippen LogP contribution in [0.3, 0.4) is 0 Å². The van der Waals surface area contributed by atoms with E-state index in [1.165, 1.54) is 0 Å². The summed E-state index contributed by atoms with van der Waals surface area (Å²) >= 11 is 0. The van der Waals surface area contributed by atoms with Gasteiger partial charge in [0.15, 0.2) is 0 Å². The van der Waals surface area contributed by atoms with Crippen LogP contribution in [0.5, 0.6) is 0 Å². The third kappa shape index (κ3) is 1.99. The Labute approximate surface area is 94.1 Å². The van der Waals surface area contributed by atoms with E-state index >= 15 is 0 Å². The molecule has 1 aromatic carbocycles. The van der Waals surface area contributed by atoms with E-state index in [-0.39, 0.29) is 17.7 Å². The molecule has 0 radical (unpaired) electrons. The van der Waals surface area contributed by atoms with Crippen LogP contribution >= 0.6 is 0 Å². The van der Waals surface area contributed by atoms with Crippen molar-refractivity contribution in [2.45, 2.75) is 12.3 Å². The minimum atomic E-state index is -1.10. The fourth-order valence-corrected chi connectivity index (χ4v) is 1.62. The van der Waals surface area contributed by atoms with Crippen molar-refractivity contribution in [2.75, 3.05) is 0 Å². The Morgan fingerprint density at radius 3 is 2.65 bits per heavy atom. The number of hydrogen-bond acceptors (Lipinski definition) is 5. The predicted molar refractivity (Wildman–Crippen MR) is 51.5 cm³/mol. The van der Waals surface area contributed by atoms with Gasteiger partial charge in [0.25, 0.3) is 5.69 Å². The molecule has 1 atom stereocenters. The number of rotatable bonds is 2. The van der Waals surface area contributed by atoms with E-state index in [2.05, 4.69) is 4.74 Å². The van der Waals surface area contributed by atoms with E-state index in [9.17, 15) is 24.1 Å². The summed E-state index contributed by atoms with van der Waals surface area (Å²) in [7, 11) is 0. The quantitative estimate of drug-likeness (QED) is 0.336. The lowest BCUT2D eigenvalue weighted by molar-refractivity contribution is -0.385. The Morgan fingerprint density at radius 2 is 2.12 bits per heavy atom. The largest absolute Gasteiger partial charge is 0.393 e. The van der Waals surface area contributed by atoms with Gasteiger partial charge in [-0.2, -0.15) is 0 Å². The molecule has 1 aromatic rings. The Balaban J connectivity index is 2.44. The molecule has 0 aromatic heterocycles. The van der Waals surface area contributed by atoms with E-state index in [0.717, 1.165) is 18.2 Å². The van der Waals surface area contributed by atoms with Crippen LogP contribution in [0.1, 0.15) is 17.9 Å². The van der Waals surface area contributed by atoms with Gasteiger partial charge in [-0.3, -0.25) is 19.7 Å². The average molecular weight is 239 g/mol. The normalized spacial score (nSPS) is 19.2. The molecular weight excluding hydrogens is 233 g/mol. The maximum Gasteiger partial charge on any atom is 0.321 e. The van der Waals surface area contributed by atoms with Gasteiger partial charge in [0.05, 0.1) is 17.3 Å². The molecule has 1 fully saturated rings. The van der Waals surface area contributed by atoms with Crippen LogP contribution in [0.2, 0.25) is 0 Å². The van der Waals surface area contributed by atoms with Crippen molar-refractivity contribution in [1.29, 1.82) is 0 Å². The molecule has 1 heterocycles. The third-order valence-electron chi connectivity index (χ3n) is 2.44. The van der Waals surface area contributed by atoms with Crippen LogP contribution in [0.25, 0.3) is 0 Å². The minimum Gasteiger partial charge on any atom is -0.393 e. The van der Waals surface area contributed by atoms with Gasteiger partial charge in [-0.05, 0) is 6.07 Å². The smallest absolute Gasteiger partial charge is 0.321 e. The molecule has 7 heteroatoms. The zero-order chi connectivity index (χ0) is 12.6. The highest BCUT2D eigenvalue weighted by atomic mass is 19.1. The lowest BCUT2D eigenvalue weighted by atomic mass is 9.96. The van der Waals surface area contributed by atoms with Gasteiger partial charge >= 0.3 is 11.9 Å². The van der Waals surface area contributed by atoms with Gasteiger partial charge in [-0.15, -0.1) is 0 Å². The van der Waals surface area contributed by atoms with E-state index in [0.29, 0.717) is 0 Å². The molecule has 0 spiro atoms. The summed E-state index contributed by atoms with van der Waals surface area (Å²) in [5.74, 6) is -3.50. The lowest BCUT2D eigenvalue weighted by Gasteiger charge is -2.05. The monoisotopic (exact) mass is 239 g/mol. The number of nitro groups is 1. The van der Waals surface area contributed by atoms with E-state index in [1.807, 2.05) is 0 Å². The molecule has 17 heavy (non-hydrogen) atoms. The second-order valence-corrected chi connectivity index (χ2v) is 3.51. The Hall–Kier alpha value is -2.31. The van der Waals surface area contributed by atoms with Crippen molar-refractivity contribution in [3.8, 4) is 0 Å². The molecule has 1 saturated heterocycles. The number of carbonyl (C=O) groups excluding carboxylic acids is 2. The SMILES string of the molecule is O=C1CC(c2cc([N+](=O)[O-])ccc2F)C(=O)O1. The van der Waals surface area contributed by atoms with Gasteiger partial charge in [-0.1, -0.05) is 0 Å². The number of non-ortho nitro benzene ring substituents is 1. The summed E-state index contributed by atoms with van der Waals surface area (Å²) in [6.45, 7) is 0. The van der Waals surface area contributed by atoms with Gasteiger partial charge in [-0.25, -0.2) is 4.39 Å². The second kappa shape index (κ2) is 3.93. The molecule has 0 N–H and O–H groups in total. The van der Waals surface area contributed by atoms with Crippen LogP contribution in [0.15, 0.2) is 18.2 Å². The number of ether oxygens (including phenoxy) is 1. The summed E-state index contributed by atoms with van der Waals surface area (Å²) in [5.41, 5.74) is -0.524. The van der Waals surface area contributed by atoms with Gasteiger partial charge in [0.1, 0.15) is 5.82 Å². The number of benzene rings is 1. The van der Waals surface area contributed by atoms with Crippen molar-refractivity contribution in [3.63, 3.8) is 0 Å². The van der Waals surface area contributed by atoms with Crippen LogP contribution in [-0.4, -0.2) is 16.9 Å². The molecule has 1 aliphatic rings. The van der Waals surface area contributed by atoms with Crippen molar-refractivity contribution in [3.05, 3.63) is 39.7 Å². The fourth-order valence-electron chi connectivity index (χ4n) is 1.62. The molecule has 6 nitrogen and oxygen atoms in total. The topological polar surface area (TPSA) is 86.5 Å². The zero-order valence-corrected chi connectivity index (χ0v) is 8.38. The highest BCUT2D eigenvalue weighted by Crippen LogP contribution is 2.31. The van der Waals surface area contributed by atoms with Crippen LogP contribution in [0, 0.1) is 15.9 Å². The summed E-state index contributed by atoms with van der Waals surface area (Å²) in [6.07, 6.45) is -0.295. The maximum absolute atomic E-state index is 13.4. The first-order valence-corrected chi connectivity index (χ1v) is 4.67. The van der Waals surface area contributed by atoms with Crippen molar-refractivity contribution < 1.29 is 23.6 Å². The van der Waals surface area contributed by atoms with Crippen molar-refractivity contribution in [1.82, 2.24) is 0 Å². The number of nitro benzene ring substituents is 1. The highest BCUT2D eigenvalue weighted by molar-refractivity contribution is 5.97. The molecule has 2 rings (SSSR count). The summed E-state index contributed by atoms with van der Waals surface area (Å²) < 4.78 is 17.7. The van der Waals surface area contributed by atoms with E-state index < -0.39 is 28.6 Å². The molecule has 88 valence electrons. The number of nitrogens with zero attached hydrogens (tertiary/aromatic N) is 1. The highest BCUT2D eigenvalue weighted by Gasteiger charge is 2.37. The third-order valence-corrected chi connectivity index (χ3v) is 2.44. The second-order valence-electron chi connectivity index (χ2n) is 3.51. The van der Waals surface area contributed by atoms with Gasteiger partial charge < -0.3 is 4.74 Å². The van der Waals surface area contributed by atoms with Gasteiger partial charge in [0, 0.05) is 17.7 Å². The number of carbonyl (C=O) groups is 2. The van der Waals surface area contributed by atoms with E-state index in [1.54, 1.807) is 0 Å². The standard InChI is InChI=1S/C10H6FNO5/c11-8-2-1-5(12(15)16)3-6(8)7-4-9(13)17-10(7)14/h1-3,7H,4H2. The minimum absolute atomic E-state index is 0.185. The Bertz CT molecular complexity index is 527. The summed E-state index contributed by atoms with van der Waals surface area (Å²) in [5, 5.41) is 10.5. The molecular formula is C10H6FNO5. The number of esters is 2. The van der Waals surface area contributed by atoms with Crippen LogP contribution in [0.4, 0.5) is 10.1 Å². The molecule has 1 aliphatic heterocycles. The lowest BCUT2D eigenvalue weighted by Crippen LogP contribution is -2.08. The van der Waals surface area contributed by atoms with Crippen molar-refractivity contribution in [2.24, 2.45) is 0 Å². The van der Waals surface area contributed by atoms with E-state index in [4.69, 9.17) is 0 Å². The number of hydrogen-bond donors (Lipinski definition) is 0. The Kier molecular flexibility index (Phi) is 2.58. The molecule has 1 unspecified atom stereocenters. The predicted octanol–water partition coefficient (Wildman–Crippen LogP) is 1.29. The van der Waals surface area contributed by atoms with Gasteiger partial charge in [0.2, 0.25) is 0 Å². The first-order valence-electron chi connectivity index (χ1n) is 4.67. The number of cyclic esters (lactones) is 2. The Morgan fingerprint density at radius 1 is 1.41 bits per heavy atom.